The first-order valence-electron chi connectivity index (χ1n) is 13.7. The summed E-state index contributed by atoms with van der Waals surface area (Å²) in [4.78, 5) is 60.0. The Morgan fingerprint density at radius 3 is 2.13 bits per heavy atom. The molecule has 1 fully saturated rings. The number of ether oxygens (including phenoxy) is 1. The van der Waals surface area contributed by atoms with Crippen LogP contribution in [0.3, 0.4) is 0 Å². The summed E-state index contributed by atoms with van der Waals surface area (Å²) in [7, 11) is 0. The highest BCUT2D eigenvalue weighted by Gasteiger charge is 2.54. The lowest BCUT2D eigenvalue weighted by Crippen LogP contribution is -2.71. The summed E-state index contributed by atoms with van der Waals surface area (Å²) in [5, 5.41) is 9.21. The zero-order valence-corrected chi connectivity index (χ0v) is 26.1. The van der Waals surface area contributed by atoms with Crippen LogP contribution in [-0.2, 0) is 28.8 Å². The Kier molecular flexibility index (Phi) is 10.6. The standard InChI is InChI=1S/C31H24Cl2N6O6S/c32-26(33)31(43)45-37-22(18-10-4-1-5-11-18)27(40)36-23-28(41)39-24(21(16-35-38-34)17-46-29(23)39)30(42)44-25(19-12-6-2-7-13-19)20-14-8-3-9-15-20/h1-15,23,25-26,29H,16-17H2,(H,36,40)/t23-,29+/m1/s1. The second-order valence-electron chi connectivity index (χ2n) is 9.83. The molecule has 12 nitrogen and oxygen atoms in total. The third kappa shape index (κ3) is 7.19. The smallest absolute Gasteiger partial charge is 0.367 e. The third-order valence-electron chi connectivity index (χ3n) is 6.95. The van der Waals surface area contributed by atoms with Crippen molar-refractivity contribution >= 4 is 64.4 Å². The van der Waals surface area contributed by atoms with Gasteiger partial charge in [0.1, 0.15) is 17.1 Å². The number of oxime groups is 1. The van der Waals surface area contributed by atoms with Crippen LogP contribution in [0.4, 0.5) is 0 Å². The average molecular weight is 680 g/mol. The number of esters is 1. The predicted molar refractivity (Wildman–Crippen MR) is 171 cm³/mol. The van der Waals surface area contributed by atoms with Crippen LogP contribution < -0.4 is 5.32 Å². The molecule has 0 saturated carbocycles. The van der Waals surface area contributed by atoms with E-state index in [9.17, 15) is 19.2 Å². The topological polar surface area (TPSA) is 163 Å². The number of hydrogen-bond acceptors (Lipinski definition) is 9. The molecule has 46 heavy (non-hydrogen) atoms. The molecule has 2 aliphatic rings. The Labute approximate surface area is 276 Å². The highest BCUT2D eigenvalue weighted by Crippen LogP contribution is 2.41. The highest BCUT2D eigenvalue weighted by atomic mass is 35.5. The Hall–Kier alpha value is -4.81. The summed E-state index contributed by atoms with van der Waals surface area (Å²) in [5.41, 5.74) is 10.7. The first-order chi connectivity index (χ1) is 22.3. The third-order valence-corrected chi connectivity index (χ3v) is 8.64. The molecule has 2 amide bonds. The fraction of sp³-hybridized carbons (Fsp3) is 0.194. The van der Waals surface area contributed by atoms with Crippen LogP contribution in [0.2, 0.25) is 0 Å². The van der Waals surface area contributed by atoms with E-state index in [1.165, 1.54) is 16.7 Å². The van der Waals surface area contributed by atoms with Gasteiger partial charge in [0.2, 0.25) is 4.84 Å². The summed E-state index contributed by atoms with van der Waals surface area (Å²) >= 11 is 12.3. The van der Waals surface area contributed by atoms with E-state index in [2.05, 4.69) is 20.5 Å². The van der Waals surface area contributed by atoms with Crippen molar-refractivity contribution in [3.63, 3.8) is 0 Å². The molecule has 0 radical (unpaired) electrons. The Balaban J connectivity index is 1.41. The minimum Gasteiger partial charge on any atom is -0.448 e. The number of alkyl halides is 2. The zero-order chi connectivity index (χ0) is 32.6. The molecular weight excluding hydrogens is 655 g/mol. The van der Waals surface area contributed by atoms with E-state index in [1.54, 1.807) is 30.3 Å². The molecule has 0 unspecified atom stereocenters. The van der Waals surface area contributed by atoms with Crippen LogP contribution in [0.25, 0.3) is 10.4 Å². The van der Waals surface area contributed by atoms with Crippen molar-refractivity contribution in [3.05, 3.63) is 129 Å². The van der Waals surface area contributed by atoms with Gasteiger partial charge in [0, 0.05) is 16.2 Å². The van der Waals surface area contributed by atoms with E-state index in [4.69, 9.17) is 38.3 Å². The number of amides is 2. The molecule has 0 aromatic heterocycles. The number of rotatable bonds is 11. The SMILES string of the molecule is [N-]=[N+]=NCC1=C(C(=O)OC(c2ccccc2)c2ccccc2)N2C(=O)[C@@H](NC(=O)C(=NOC(=O)C(Cl)Cl)c3ccccc3)[C@@H]2SC1. The maximum absolute atomic E-state index is 13.9. The van der Waals surface area contributed by atoms with Crippen LogP contribution in [0, 0.1) is 0 Å². The number of fused-ring (bicyclic) bond motifs is 1. The van der Waals surface area contributed by atoms with Gasteiger partial charge in [0.25, 0.3) is 11.8 Å². The van der Waals surface area contributed by atoms with Crippen LogP contribution in [0.1, 0.15) is 22.8 Å². The number of β-lactam (4-membered cyclic amide) rings is 1. The lowest BCUT2D eigenvalue weighted by molar-refractivity contribution is -0.154. The summed E-state index contributed by atoms with van der Waals surface area (Å²) in [6.45, 7) is -0.166. The molecule has 5 rings (SSSR count). The average Bonchev–Trinajstić information content (AvgIpc) is 3.09. The fourth-order valence-corrected chi connectivity index (χ4v) is 6.23. The fourth-order valence-electron chi connectivity index (χ4n) is 4.82. The number of thioether (sulfide) groups is 1. The van der Waals surface area contributed by atoms with Gasteiger partial charge in [-0.2, -0.15) is 0 Å². The molecule has 3 aromatic carbocycles. The first-order valence-corrected chi connectivity index (χ1v) is 15.6. The number of nitrogens with zero attached hydrogens (tertiary/aromatic N) is 5. The Bertz CT molecular complexity index is 1700. The molecule has 1 N–H and O–H groups in total. The monoisotopic (exact) mass is 678 g/mol. The molecular formula is C31H24Cl2N6O6S. The maximum atomic E-state index is 13.9. The van der Waals surface area contributed by atoms with Gasteiger partial charge in [-0.3, -0.25) is 14.5 Å². The molecule has 2 aliphatic heterocycles. The molecule has 234 valence electrons. The minimum atomic E-state index is -1.53. The van der Waals surface area contributed by atoms with Gasteiger partial charge in [-0.15, -0.1) is 11.8 Å². The molecule has 15 heteroatoms. The van der Waals surface area contributed by atoms with Crippen molar-refractivity contribution in [1.29, 1.82) is 0 Å². The number of carbonyl (C=O) groups excluding carboxylic acids is 4. The Morgan fingerprint density at radius 2 is 1.57 bits per heavy atom. The van der Waals surface area contributed by atoms with E-state index in [1.807, 2.05) is 60.7 Å². The molecule has 2 heterocycles. The van der Waals surface area contributed by atoms with E-state index in [0.29, 0.717) is 22.3 Å². The maximum Gasteiger partial charge on any atom is 0.367 e. The van der Waals surface area contributed by atoms with Crippen LogP contribution in [0.15, 0.2) is 113 Å². The van der Waals surface area contributed by atoms with Crippen molar-refractivity contribution in [3.8, 4) is 0 Å². The number of azide groups is 1. The Morgan fingerprint density at radius 1 is 0.978 bits per heavy atom. The lowest BCUT2D eigenvalue weighted by atomic mass is 10.00. The van der Waals surface area contributed by atoms with Gasteiger partial charge in [-0.25, -0.2) is 9.59 Å². The van der Waals surface area contributed by atoms with Gasteiger partial charge >= 0.3 is 11.9 Å². The van der Waals surface area contributed by atoms with Crippen molar-refractivity contribution in [2.24, 2.45) is 10.3 Å². The van der Waals surface area contributed by atoms with Crippen LogP contribution >= 0.6 is 35.0 Å². The zero-order valence-electron chi connectivity index (χ0n) is 23.7. The molecule has 0 spiro atoms. The highest BCUT2D eigenvalue weighted by molar-refractivity contribution is 8.00. The van der Waals surface area contributed by atoms with Crippen molar-refractivity contribution in [2.45, 2.75) is 22.4 Å². The molecule has 1 saturated heterocycles. The second kappa shape index (κ2) is 15.0. The number of hydrogen-bond donors (Lipinski definition) is 1. The first kappa shape index (κ1) is 32.6. The summed E-state index contributed by atoms with van der Waals surface area (Å²) in [6, 6.07) is 25.3. The van der Waals surface area contributed by atoms with E-state index in [-0.39, 0.29) is 23.7 Å². The molecule has 3 aromatic rings. The normalized spacial score (nSPS) is 17.5. The number of halogens is 2. The molecule has 2 atom stereocenters. The van der Waals surface area contributed by atoms with Crippen LogP contribution in [-0.4, -0.2) is 62.9 Å². The largest absolute Gasteiger partial charge is 0.448 e. The quantitative estimate of drug-likeness (QED) is 0.0342. The van der Waals surface area contributed by atoms with E-state index < -0.39 is 46.1 Å². The summed E-state index contributed by atoms with van der Waals surface area (Å²) < 4.78 is 6.05. The lowest BCUT2D eigenvalue weighted by Gasteiger charge is -2.49. The summed E-state index contributed by atoms with van der Waals surface area (Å²) in [6.07, 6.45) is -0.795. The predicted octanol–water partition coefficient (Wildman–Crippen LogP) is 5.03. The summed E-state index contributed by atoms with van der Waals surface area (Å²) in [5.74, 6) is -3.09. The van der Waals surface area contributed by atoms with E-state index in [0.717, 1.165) is 0 Å². The van der Waals surface area contributed by atoms with Crippen molar-refractivity contribution < 1.29 is 28.8 Å². The van der Waals surface area contributed by atoms with Crippen molar-refractivity contribution in [1.82, 2.24) is 10.2 Å². The van der Waals surface area contributed by atoms with Gasteiger partial charge in [0.15, 0.2) is 11.8 Å². The second-order valence-corrected chi connectivity index (χ2v) is 12.0. The van der Waals surface area contributed by atoms with E-state index >= 15 is 0 Å². The molecule has 0 aliphatic carbocycles. The van der Waals surface area contributed by atoms with Gasteiger partial charge in [0.05, 0.1) is 6.54 Å². The minimum absolute atomic E-state index is 0.0512. The van der Waals surface area contributed by atoms with Gasteiger partial charge < -0.3 is 14.9 Å². The number of benzene rings is 3. The molecule has 0 bridgehead atoms. The number of carbonyl (C=O) groups is 4. The van der Waals surface area contributed by atoms with Crippen molar-refractivity contribution in [2.75, 3.05) is 12.3 Å². The number of nitrogens with one attached hydrogen (secondary N) is 1. The van der Waals surface area contributed by atoms with Crippen LogP contribution in [0.5, 0.6) is 0 Å². The van der Waals surface area contributed by atoms with Gasteiger partial charge in [-0.1, -0.05) is 124 Å². The van der Waals surface area contributed by atoms with Gasteiger partial charge in [-0.05, 0) is 22.2 Å².